The summed E-state index contributed by atoms with van der Waals surface area (Å²) in [5, 5.41) is 12.3. The minimum atomic E-state index is -2.32. The van der Waals surface area contributed by atoms with Crippen molar-refractivity contribution in [3.63, 3.8) is 0 Å². The number of pyridine rings is 1. The number of carbonyl (C=O) groups is 2. The van der Waals surface area contributed by atoms with Crippen molar-refractivity contribution in [1.82, 2.24) is 4.98 Å². The molecule has 0 amide bonds. The van der Waals surface area contributed by atoms with E-state index in [2.05, 4.69) is 4.98 Å². The second-order valence-corrected chi connectivity index (χ2v) is 9.84. The van der Waals surface area contributed by atoms with Gasteiger partial charge in [0.05, 0.1) is 26.3 Å². The fraction of sp³-hybridized carbons (Fsp3) is 0.219. The molecule has 3 aromatic carbocycles. The summed E-state index contributed by atoms with van der Waals surface area (Å²) in [6.45, 7) is 0.283. The van der Waals surface area contributed by atoms with Crippen molar-refractivity contribution in [3.05, 3.63) is 120 Å². The Morgan fingerprint density at radius 1 is 0.950 bits per heavy atom. The number of carbonyl (C=O) groups excluding carboxylic acids is 2. The van der Waals surface area contributed by atoms with Crippen LogP contribution in [0.4, 0.5) is 0 Å². The van der Waals surface area contributed by atoms with E-state index >= 15 is 0 Å². The first-order valence-corrected chi connectivity index (χ1v) is 12.8. The molecule has 4 atom stereocenters. The van der Waals surface area contributed by atoms with Crippen molar-refractivity contribution in [2.75, 3.05) is 14.2 Å². The number of hydrogen-bond acceptors (Lipinski definition) is 8. The molecule has 0 spiro atoms. The minimum absolute atomic E-state index is 0.0532. The maximum atomic E-state index is 14.5. The molecular weight excluding hydrogens is 510 g/mol. The third-order valence-electron chi connectivity index (χ3n) is 7.75. The second-order valence-electron chi connectivity index (χ2n) is 9.84. The highest BCUT2D eigenvalue weighted by Gasteiger charge is 2.77. The summed E-state index contributed by atoms with van der Waals surface area (Å²) in [6, 6.07) is 27.1. The van der Waals surface area contributed by atoms with Crippen LogP contribution in [0, 0.1) is 5.92 Å². The molecule has 1 aliphatic carbocycles. The first-order chi connectivity index (χ1) is 19.4. The van der Waals surface area contributed by atoms with E-state index in [1.807, 2.05) is 48.5 Å². The quantitative estimate of drug-likeness (QED) is 0.348. The Bertz CT molecular complexity index is 1560. The Kier molecular flexibility index (Phi) is 6.27. The Balaban J connectivity index is 1.54. The van der Waals surface area contributed by atoms with Gasteiger partial charge in [-0.05, 0) is 23.3 Å². The van der Waals surface area contributed by atoms with E-state index in [4.69, 9.17) is 18.9 Å². The maximum Gasteiger partial charge on any atom is 0.313 e. The van der Waals surface area contributed by atoms with Gasteiger partial charge in [-0.25, -0.2) is 4.98 Å². The number of hydrogen-bond donors (Lipinski definition) is 1. The SMILES string of the molecule is COC(=O)C1C(c2ccccc2)[C@]2(c3ccc(OC)cc3)Oc3cc(OCc4ccccc4)cnc3[C@@]1(O)C2=O. The average Bonchev–Trinajstić information content (AvgIpc) is 3.13. The Labute approximate surface area is 231 Å². The van der Waals surface area contributed by atoms with Gasteiger partial charge in [0.15, 0.2) is 5.60 Å². The number of fused-ring (bicyclic) bond motifs is 4. The molecule has 2 bridgehead atoms. The molecule has 8 heteroatoms. The third-order valence-corrected chi connectivity index (χ3v) is 7.75. The molecule has 0 radical (unpaired) electrons. The van der Waals surface area contributed by atoms with Crippen LogP contribution in [0.1, 0.15) is 28.3 Å². The van der Waals surface area contributed by atoms with Gasteiger partial charge in [0.25, 0.3) is 0 Å². The molecule has 40 heavy (non-hydrogen) atoms. The first kappa shape index (κ1) is 25.6. The van der Waals surface area contributed by atoms with Crippen LogP contribution in [0.2, 0.25) is 0 Å². The summed E-state index contributed by atoms with van der Waals surface area (Å²) in [5.41, 5.74) is -2.10. The average molecular weight is 538 g/mol. The summed E-state index contributed by atoms with van der Waals surface area (Å²) < 4.78 is 23.1. The van der Waals surface area contributed by atoms with Gasteiger partial charge in [0.2, 0.25) is 11.4 Å². The van der Waals surface area contributed by atoms with Crippen LogP contribution in [-0.2, 0) is 32.1 Å². The van der Waals surface area contributed by atoms with E-state index in [-0.39, 0.29) is 18.1 Å². The number of ether oxygens (including phenoxy) is 4. The summed E-state index contributed by atoms with van der Waals surface area (Å²) in [6.07, 6.45) is 1.42. The van der Waals surface area contributed by atoms with E-state index in [1.165, 1.54) is 13.3 Å². The fourth-order valence-corrected chi connectivity index (χ4v) is 5.92. The summed E-state index contributed by atoms with van der Waals surface area (Å²) in [5.74, 6) is -2.59. The van der Waals surface area contributed by atoms with Crippen LogP contribution in [0.15, 0.2) is 97.2 Å². The highest BCUT2D eigenvalue weighted by atomic mass is 16.5. The zero-order valence-corrected chi connectivity index (χ0v) is 21.9. The molecule has 6 rings (SSSR count). The van der Waals surface area contributed by atoms with Crippen LogP contribution in [0.5, 0.6) is 17.2 Å². The highest BCUT2D eigenvalue weighted by molar-refractivity contribution is 6.06. The molecule has 2 unspecified atom stereocenters. The van der Waals surface area contributed by atoms with Gasteiger partial charge in [0.1, 0.15) is 35.5 Å². The zero-order chi connectivity index (χ0) is 27.9. The fourth-order valence-electron chi connectivity index (χ4n) is 5.92. The van der Waals surface area contributed by atoms with Crippen molar-refractivity contribution in [1.29, 1.82) is 0 Å². The molecule has 0 saturated heterocycles. The predicted molar refractivity (Wildman–Crippen MR) is 144 cm³/mol. The standard InChI is InChI=1S/C32H27NO7/c1-37-23-15-13-22(14-16-23)32-26(21-11-7-4-8-12-21)27(29(34)38-2)31(36,30(32)35)28-25(40-32)17-24(18-33-28)39-19-20-9-5-3-6-10-20/h3-18,26-27,36H,19H2,1-2H3/t26?,27?,31-,32+/m1/s1. The van der Waals surface area contributed by atoms with Crippen LogP contribution in [0.25, 0.3) is 0 Å². The number of rotatable bonds is 7. The molecular formula is C32H27NO7. The van der Waals surface area contributed by atoms with Gasteiger partial charge in [-0.1, -0.05) is 72.8 Å². The molecule has 2 heterocycles. The predicted octanol–water partition coefficient (Wildman–Crippen LogP) is 4.30. The topological polar surface area (TPSA) is 104 Å². The Morgan fingerprint density at radius 3 is 2.27 bits per heavy atom. The number of benzene rings is 3. The Hall–Kier alpha value is -4.69. The molecule has 1 fully saturated rings. The summed E-state index contributed by atoms with van der Waals surface area (Å²) >= 11 is 0. The van der Waals surface area contributed by atoms with E-state index in [9.17, 15) is 14.7 Å². The molecule has 1 saturated carbocycles. The number of Topliss-reactive ketones (excluding diaryl/α,β-unsaturated/α-hetero) is 1. The van der Waals surface area contributed by atoms with Gasteiger partial charge >= 0.3 is 5.97 Å². The molecule has 4 aromatic rings. The number of ketones is 1. The number of aromatic nitrogens is 1. The van der Waals surface area contributed by atoms with Gasteiger partial charge in [0, 0.05) is 11.6 Å². The lowest BCUT2D eigenvalue weighted by atomic mass is 9.75. The van der Waals surface area contributed by atoms with Crippen LogP contribution in [-0.4, -0.2) is 36.1 Å². The van der Waals surface area contributed by atoms with E-state index < -0.39 is 34.8 Å². The highest BCUT2D eigenvalue weighted by Crippen LogP contribution is 2.64. The smallest absolute Gasteiger partial charge is 0.313 e. The normalized spacial score (nSPS) is 24.5. The lowest BCUT2D eigenvalue weighted by Crippen LogP contribution is -2.51. The van der Waals surface area contributed by atoms with Gasteiger partial charge in [-0.2, -0.15) is 0 Å². The van der Waals surface area contributed by atoms with Crippen molar-refractivity contribution in [2.24, 2.45) is 5.92 Å². The van der Waals surface area contributed by atoms with E-state index in [0.29, 0.717) is 22.6 Å². The number of nitrogens with zero attached hydrogens (tertiary/aromatic N) is 1. The lowest BCUT2D eigenvalue weighted by Gasteiger charge is -2.39. The summed E-state index contributed by atoms with van der Waals surface area (Å²) in [4.78, 5) is 32.3. The molecule has 1 aromatic heterocycles. The molecule has 202 valence electrons. The molecule has 1 aliphatic heterocycles. The monoisotopic (exact) mass is 537 g/mol. The molecule has 1 N–H and O–H groups in total. The van der Waals surface area contributed by atoms with Gasteiger partial charge in [-0.3, -0.25) is 9.59 Å². The Morgan fingerprint density at radius 2 is 1.62 bits per heavy atom. The van der Waals surface area contributed by atoms with Crippen molar-refractivity contribution < 1.29 is 33.6 Å². The molecule has 8 nitrogen and oxygen atoms in total. The van der Waals surface area contributed by atoms with Crippen LogP contribution >= 0.6 is 0 Å². The zero-order valence-electron chi connectivity index (χ0n) is 21.9. The largest absolute Gasteiger partial charge is 0.497 e. The van der Waals surface area contributed by atoms with Crippen molar-refractivity contribution in [3.8, 4) is 17.2 Å². The number of aliphatic hydroxyl groups is 1. The summed E-state index contributed by atoms with van der Waals surface area (Å²) in [7, 11) is 2.78. The third kappa shape index (κ3) is 3.75. The van der Waals surface area contributed by atoms with Crippen molar-refractivity contribution >= 4 is 11.8 Å². The van der Waals surface area contributed by atoms with Crippen LogP contribution in [0.3, 0.4) is 0 Å². The van der Waals surface area contributed by atoms with E-state index in [0.717, 1.165) is 5.56 Å². The maximum absolute atomic E-state index is 14.5. The molecule has 2 aliphatic rings. The van der Waals surface area contributed by atoms with Crippen molar-refractivity contribution in [2.45, 2.75) is 23.7 Å². The minimum Gasteiger partial charge on any atom is -0.497 e. The van der Waals surface area contributed by atoms with Gasteiger partial charge < -0.3 is 24.1 Å². The lowest BCUT2D eigenvalue weighted by molar-refractivity contribution is -0.163. The first-order valence-electron chi connectivity index (χ1n) is 12.8. The number of esters is 1. The second kappa shape index (κ2) is 9.81. The van der Waals surface area contributed by atoms with Crippen LogP contribution < -0.4 is 14.2 Å². The van der Waals surface area contributed by atoms with Gasteiger partial charge in [-0.15, -0.1) is 0 Å². The van der Waals surface area contributed by atoms with E-state index in [1.54, 1.807) is 49.6 Å². The number of methoxy groups -OCH3 is 2.